The Morgan fingerprint density at radius 2 is 1.81 bits per heavy atom. The van der Waals surface area contributed by atoms with Gasteiger partial charge in [0.2, 0.25) is 5.78 Å². The molecule has 0 radical (unpaired) electrons. The van der Waals surface area contributed by atoms with Crippen LogP contribution in [0.2, 0.25) is 0 Å². The van der Waals surface area contributed by atoms with Gasteiger partial charge in [-0.3, -0.25) is 19.3 Å². The number of aromatic hydroxyl groups is 1. The lowest BCUT2D eigenvalue weighted by Gasteiger charge is -2.53. The van der Waals surface area contributed by atoms with Crippen LogP contribution in [0.3, 0.4) is 0 Å². The zero-order valence-corrected chi connectivity index (χ0v) is 24.3. The van der Waals surface area contributed by atoms with Crippen molar-refractivity contribution >= 4 is 28.9 Å². The highest BCUT2D eigenvalue weighted by Crippen LogP contribution is 2.56. The smallest absolute Gasteiger partial charge is 0.255 e. The standard InChI is InChI=1S/C30H40N4O8/c1-5-10-34-11-8-14(9-12-34)32-16-7-6-15-13(2)17-19(24(36)18(15)23(16)35)27(39)30(42)21(25(17)37)22(33(3)4)26(38)20(28(30)40)29(31)41/h6-7,13-14,17,21-22,25,32,35-37,40,42H,5,8-12H2,1-4H3,(H2,31,41)/t13-,17?,21?,22-,25-,30-/m0/s1. The molecular formula is C30H40N4O8. The molecular weight excluding hydrogens is 544 g/mol. The first-order valence-electron chi connectivity index (χ1n) is 14.4. The average Bonchev–Trinajstić information content (AvgIpc) is 2.92. The van der Waals surface area contributed by atoms with Crippen molar-refractivity contribution in [2.45, 2.75) is 62.8 Å². The fourth-order valence-corrected chi connectivity index (χ4v) is 7.57. The van der Waals surface area contributed by atoms with Gasteiger partial charge in [-0.2, -0.15) is 0 Å². The Morgan fingerprint density at radius 1 is 1.17 bits per heavy atom. The average molecular weight is 585 g/mol. The number of nitrogens with two attached hydrogens (primary N) is 1. The van der Waals surface area contributed by atoms with Crippen molar-refractivity contribution in [1.29, 1.82) is 0 Å². The molecule has 3 aliphatic carbocycles. The third-order valence-corrected chi connectivity index (χ3v) is 9.62. The van der Waals surface area contributed by atoms with Gasteiger partial charge in [-0.25, -0.2) is 0 Å². The molecule has 2 unspecified atom stereocenters. The zero-order valence-electron chi connectivity index (χ0n) is 24.3. The molecule has 0 bridgehead atoms. The Labute approximate surface area is 244 Å². The molecule has 228 valence electrons. The van der Waals surface area contributed by atoms with Gasteiger partial charge in [0.05, 0.1) is 29.3 Å². The van der Waals surface area contributed by atoms with Gasteiger partial charge in [0.25, 0.3) is 5.91 Å². The summed E-state index contributed by atoms with van der Waals surface area (Å²) in [6, 6.07) is 2.13. The van der Waals surface area contributed by atoms with E-state index < -0.39 is 75.6 Å². The van der Waals surface area contributed by atoms with Crippen LogP contribution in [0.25, 0.3) is 5.76 Å². The van der Waals surface area contributed by atoms with E-state index in [1.165, 1.54) is 19.0 Å². The van der Waals surface area contributed by atoms with Gasteiger partial charge >= 0.3 is 0 Å². The minimum Gasteiger partial charge on any atom is -0.508 e. The molecule has 1 amide bonds. The van der Waals surface area contributed by atoms with E-state index >= 15 is 0 Å². The summed E-state index contributed by atoms with van der Waals surface area (Å²) in [5, 5.41) is 60.8. The third kappa shape index (κ3) is 4.23. The molecule has 1 heterocycles. The first-order valence-corrected chi connectivity index (χ1v) is 14.4. The molecule has 42 heavy (non-hydrogen) atoms. The van der Waals surface area contributed by atoms with E-state index in [-0.39, 0.29) is 17.4 Å². The van der Waals surface area contributed by atoms with Crippen molar-refractivity contribution in [2.24, 2.45) is 17.6 Å². The maximum atomic E-state index is 14.1. The minimum atomic E-state index is -2.93. The Bertz CT molecular complexity index is 1400. The van der Waals surface area contributed by atoms with Crippen LogP contribution in [-0.2, 0) is 14.4 Å². The van der Waals surface area contributed by atoms with Gasteiger partial charge in [-0.1, -0.05) is 19.9 Å². The molecule has 1 aromatic rings. The van der Waals surface area contributed by atoms with E-state index in [1.807, 2.05) is 0 Å². The van der Waals surface area contributed by atoms with E-state index in [0.29, 0.717) is 11.3 Å². The van der Waals surface area contributed by atoms with Gasteiger partial charge in [-0.05, 0) is 57.5 Å². The van der Waals surface area contributed by atoms with Crippen LogP contribution in [0, 0.1) is 11.8 Å². The van der Waals surface area contributed by atoms with Gasteiger partial charge in [-0.15, -0.1) is 0 Å². The molecule has 1 saturated heterocycles. The number of likely N-dealkylation sites (tertiary alicyclic amines) is 1. The van der Waals surface area contributed by atoms with Crippen molar-refractivity contribution in [1.82, 2.24) is 9.80 Å². The van der Waals surface area contributed by atoms with E-state index in [0.717, 1.165) is 38.9 Å². The maximum absolute atomic E-state index is 14.1. The van der Waals surface area contributed by atoms with E-state index in [2.05, 4.69) is 17.1 Å². The molecule has 8 N–H and O–H groups in total. The van der Waals surface area contributed by atoms with Crippen LogP contribution < -0.4 is 11.1 Å². The lowest BCUT2D eigenvalue weighted by Crippen LogP contribution is -2.70. The normalized spacial score (nSPS) is 32.1. The third-order valence-electron chi connectivity index (χ3n) is 9.62. The van der Waals surface area contributed by atoms with Crippen molar-refractivity contribution in [2.75, 3.05) is 39.0 Å². The van der Waals surface area contributed by atoms with Gasteiger partial charge in [0.1, 0.15) is 22.8 Å². The number of carbonyl (C=O) groups is 3. The highest BCUT2D eigenvalue weighted by Gasteiger charge is 2.68. The van der Waals surface area contributed by atoms with Crippen LogP contribution in [-0.4, -0.2) is 110 Å². The lowest BCUT2D eigenvalue weighted by atomic mass is 9.54. The number of aliphatic hydroxyl groups is 4. The maximum Gasteiger partial charge on any atom is 0.255 e. The number of carbonyl (C=O) groups excluding carboxylic acids is 3. The monoisotopic (exact) mass is 584 g/mol. The van der Waals surface area contributed by atoms with E-state index in [1.54, 1.807) is 19.1 Å². The number of phenolic OH excluding ortho intramolecular Hbond substituents is 1. The van der Waals surface area contributed by atoms with Crippen LogP contribution >= 0.6 is 0 Å². The van der Waals surface area contributed by atoms with E-state index in [4.69, 9.17) is 5.73 Å². The summed E-state index contributed by atoms with van der Waals surface area (Å²) in [6.07, 6.45) is 1.18. The number of Topliss-reactive ketones (excluding diaryl/α,β-unsaturated/α-hetero) is 2. The van der Waals surface area contributed by atoms with Crippen LogP contribution in [0.1, 0.15) is 50.2 Å². The molecule has 12 nitrogen and oxygen atoms in total. The summed E-state index contributed by atoms with van der Waals surface area (Å²) in [5.74, 6) is -8.92. The summed E-state index contributed by atoms with van der Waals surface area (Å²) < 4.78 is 0. The summed E-state index contributed by atoms with van der Waals surface area (Å²) in [7, 11) is 2.95. The lowest BCUT2D eigenvalue weighted by molar-refractivity contribution is -0.169. The summed E-state index contributed by atoms with van der Waals surface area (Å²) >= 11 is 0. The number of benzene rings is 1. The molecule has 12 heteroatoms. The number of piperidine rings is 1. The second-order valence-electron chi connectivity index (χ2n) is 12.2. The highest BCUT2D eigenvalue weighted by atomic mass is 16.4. The molecule has 1 aromatic carbocycles. The molecule has 2 fully saturated rings. The van der Waals surface area contributed by atoms with Gasteiger partial charge in [0, 0.05) is 30.6 Å². The fourth-order valence-electron chi connectivity index (χ4n) is 7.57. The Kier molecular flexibility index (Phi) is 7.63. The molecule has 1 aliphatic heterocycles. The number of primary amides is 1. The number of hydrogen-bond acceptors (Lipinski definition) is 11. The number of rotatable bonds is 6. The predicted octanol–water partition coefficient (Wildman–Crippen LogP) is 0.782. The van der Waals surface area contributed by atoms with Crippen LogP contribution in [0.4, 0.5) is 5.69 Å². The highest BCUT2D eigenvalue weighted by molar-refractivity contribution is 6.24. The SMILES string of the molecule is CCCN1CCC(Nc2ccc3c(c2O)C(O)=C2C(=O)[C@]4(O)C(O)=C(C(N)=O)C(=O)[C@@H](N(C)C)C4[C@@H](O)C2[C@H]3C)CC1. The number of amides is 1. The largest absolute Gasteiger partial charge is 0.508 e. The number of nitrogens with zero attached hydrogens (tertiary/aromatic N) is 2. The molecule has 1 saturated carbocycles. The van der Waals surface area contributed by atoms with Gasteiger partial charge in [0.15, 0.2) is 11.4 Å². The van der Waals surface area contributed by atoms with Gasteiger partial charge < -0.3 is 41.5 Å². The summed E-state index contributed by atoms with van der Waals surface area (Å²) in [4.78, 5) is 43.3. The number of likely N-dealkylation sites (N-methyl/N-ethyl adjacent to an activating group) is 1. The predicted molar refractivity (Wildman–Crippen MR) is 154 cm³/mol. The Balaban J connectivity index is 1.60. The topological polar surface area (TPSA) is 197 Å². The van der Waals surface area contributed by atoms with Crippen molar-refractivity contribution < 1.29 is 39.9 Å². The number of ketones is 2. The Hall–Kier alpha value is -3.45. The number of nitrogens with one attached hydrogen (secondary N) is 1. The van der Waals surface area contributed by atoms with Crippen molar-refractivity contribution in [3.8, 4) is 5.75 Å². The van der Waals surface area contributed by atoms with Crippen molar-refractivity contribution in [3.05, 3.63) is 40.2 Å². The first-order chi connectivity index (χ1) is 19.8. The molecule has 6 atom stereocenters. The number of fused-ring (bicyclic) bond motifs is 3. The molecule has 5 rings (SSSR count). The molecule has 4 aliphatic rings. The van der Waals surface area contributed by atoms with E-state index in [9.17, 15) is 39.9 Å². The van der Waals surface area contributed by atoms with Crippen molar-refractivity contribution in [3.63, 3.8) is 0 Å². The van der Waals surface area contributed by atoms with Crippen LogP contribution in [0.15, 0.2) is 29.0 Å². The second kappa shape index (κ2) is 10.7. The number of anilines is 1. The summed E-state index contributed by atoms with van der Waals surface area (Å²) in [6.45, 7) is 6.71. The number of aliphatic hydroxyl groups excluding tert-OH is 3. The minimum absolute atomic E-state index is 0.0144. The summed E-state index contributed by atoms with van der Waals surface area (Å²) in [5.41, 5.74) is 1.93. The zero-order chi connectivity index (χ0) is 30.8. The Morgan fingerprint density at radius 3 is 2.38 bits per heavy atom. The molecule has 0 spiro atoms. The first kappa shape index (κ1) is 30.0. The number of hydrogen-bond donors (Lipinski definition) is 7. The molecule has 0 aromatic heterocycles. The fraction of sp³-hybridized carbons (Fsp3) is 0.567. The van der Waals surface area contributed by atoms with Crippen LogP contribution in [0.5, 0.6) is 5.75 Å². The second-order valence-corrected chi connectivity index (χ2v) is 12.2. The number of phenols is 1. The quantitative estimate of drug-likeness (QED) is 0.184.